The minimum absolute atomic E-state index is 0.219. The molecule has 0 aliphatic rings. The van der Waals surface area contributed by atoms with Crippen LogP contribution in [-0.4, -0.2) is 11.0 Å². The molecule has 0 fully saturated rings. The Labute approximate surface area is 77.8 Å². The first-order valence-electron chi connectivity index (χ1n) is 4.29. The van der Waals surface area contributed by atoms with E-state index in [0.29, 0.717) is 5.92 Å². The zero-order chi connectivity index (χ0) is 9.14. The highest BCUT2D eigenvalue weighted by Crippen LogP contribution is 2.18. The molecule has 12 heavy (non-hydrogen) atoms. The van der Waals surface area contributed by atoms with Crippen molar-refractivity contribution in [1.82, 2.24) is 4.98 Å². The normalized spacial score (nSPS) is 13.8. The predicted octanol–water partition coefficient (Wildman–Crippen LogP) is 2.16. The second kappa shape index (κ2) is 4.01. The maximum absolute atomic E-state index is 5.68. The Morgan fingerprint density at radius 2 is 2.17 bits per heavy atom. The van der Waals surface area contributed by atoms with Gasteiger partial charge in [-0.05, 0) is 12.8 Å². The van der Waals surface area contributed by atoms with E-state index in [1.54, 1.807) is 11.3 Å². The van der Waals surface area contributed by atoms with Gasteiger partial charge in [-0.15, -0.1) is 11.3 Å². The fourth-order valence-corrected chi connectivity index (χ4v) is 2.06. The van der Waals surface area contributed by atoms with Gasteiger partial charge < -0.3 is 5.73 Å². The lowest BCUT2D eigenvalue weighted by atomic mass is 10.2. The number of hydrogen-bond acceptors (Lipinski definition) is 3. The quantitative estimate of drug-likeness (QED) is 0.781. The smallest absolute Gasteiger partial charge is 0.0943 e. The fourth-order valence-electron chi connectivity index (χ4n) is 0.959. The van der Waals surface area contributed by atoms with E-state index in [4.69, 9.17) is 5.73 Å². The van der Waals surface area contributed by atoms with E-state index >= 15 is 0 Å². The predicted molar refractivity (Wildman–Crippen MR) is 53.6 cm³/mol. The van der Waals surface area contributed by atoms with Crippen LogP contribution in [0.1, 0.15) is 37.4 Å². The van der Waals surface area contributed by atoms with Crippen LogP contribution in [-0.2, 0) is 6.42 Å². The van der Waals surface area contributed by atoms with Gasteiger partial charge in [0.25, 0.3) is 0 Å². The summed E-state index contributed by atoms with van der Waals surface area (Å²) in [5.41, 5.74) is 6.87. The van der Waals surface area contributed by atoms with Crippen molar-refractivity contribution in [2.45, 2.75) is 39.2 Å². The molecule has 1 atom stereocenters. The molecule has 0 amide bonds. The van der Waals surface area contributed by atoms with Crippen LogP contribution in [0.25, 0.3) is 0 Å². The zero-order valence-corrected chi connectivity index (χ0v) is 8.69. The monoisotopic (exact) mass is 184 g/mol. The molecule has 0 bridgehead atoms. The van der Waals surface area contributed by atoms with Gasteiger partial charge in [0, 0.05) is 17.8 Å². The third-order valence-electron chi connectivity index (χ3n) is 1.66. The molecule has 1 aromatic heterocycles. The summed E-state index contributed by atoms with van der Waals surface area (Å²) >= 11 is 1.72. The highest BCUT2D eigenvalue weighted by Gasteiger charge is 2.06. The van der Waals surface area contributed by atoms with E-state index in [-0.39, 0.29) is 6.04 Å². The molecule has 0 saturated carbocycles. The second-order valence-electron chi connectivity index (χ2n) is 3.50. The molecule has 3 heteroatoms. The van der Waals surface area contributed by atoms with E-state index in [1.165, 1.54) is 5.69 Å². The van der Waals surface area contributed by atoms with Crippen molar-refractivity contribution >= 4 is 11.3 Å². The van der Waals surface area contributed by atoms with Gasteiger partial charge in [0.05, 0.1) is 10.7 Å². The van der Waals surface area contributed by atoms with E-state index in [9.17, 15) is 0 Å². The van der Waals surface area contributed by atoms with Gasteiger partial charge in [0.1, 0.15) is 0 Å². The molecular formula is C9H16N2S. The molecule has 0 aliphatic heterocycles. The van der Waals surface area contributed by atoms with E-state index < -0.39 is 0 Å². The van der Waals surface area contributed by atoms with Crippen LogP contribution >= 0.6 is 11.3 Å². The van der Waals surface area contributed by atoms with Gasteiger partial charge in [-0.1, -0.05) is 13.8 Å². The van der Waals surface area contributed by atoms with Crippen molar-refractivity contribution in [2.24, 2.45) is 5.73 Å². The second-order valence-corrected chi connectivity index (χ2v) is 4.44. The van der Waals surface area contributed by atoms with Gasteiger partial charge in [-0.25, -0.2) is 4.98 Å². The summed E-state index contributed by atoms with van der Waals surface area (Å²) in [5.74, 6) is 0.531. The highest BCUT2D eigenvalue weighted by atomic mass is 32.1. The van der Waals surface area contributed by atoms with Crippen LogP contribution in [0, 0.1) is 0 Å². The summed E-state index contributed by atoms with van der Waals surface area (Å²) in [6, 6.07) is 0.219. The van der Waals surface area contributed by atoms with Gasteiger partial charge in [-0.3, -0.25) is 0 Å². The summed E-state index contributed by atoms with van der Waals surface area (Å²) in [5, 5.41) is 3.29. The van der Waals surface area contributed by atoms with E-state index in [2.05, 4.69) is 24.2 Å². The Morgan fingerprint density at radius 3 is 2.58 bits per heavy atom. The molecular weight excluding hydrogens is 168 g/mol. The number of nitrogens with zero attached hydrogens (tertiary/aromatic N) is 1. The highest BCUT2D eigenvalue weighted by molar-refractivity contribution is 7.09. The van der Waals surface area contributed by atoms with Crippen LogP contribution < -0.4 is 5.73 Å². The van der Waals surface area contributed by atoms with E-state index in [1.807, 2.05) is 6.92 Å². The van der Waals surface area contributed by atoms with Gasteiger partial charge in [0.2, 0.25) is 0 Å². The molecule has 2 N–H and O–H groups in total. The molecule has 1 rings (SSSR count). The van der Waals surface area contributed by atoms with Crippen molar-refractivity contribution in [1.29, 1.82) is 0 Å². The number of hydrogen-bond donors (Lipinski definition) is 1. The maximum atomic E-state index is 5.68. The molecule has 1 heterocycles. The Balaban J connectivity index is 2.64. The molecule has 2 nitrogen and oxygen atoms in total. The van der Waals surface area contributed by atoms with Crippen molar-refractivity contribution in [3.05, 3.63) is 16.1 Å². The first kappa shape index (κ1) is 9.68. The lowest BCUT2D eigenvalue weighted by Crippen LogP contribution is -2.17. The molecule has 0 radical (unpaired) electrons. The zero-order valence-electron chi connectivity index (χ0n) is 7.87. The molecule has 1 aromatic rings. The summed E-state index contributed by atoms with van der Waals surface area (Å²) < 4.78 is 0. The Hall–Kier alpha value is -0.410. The number of rotatable bonds is 3. The minimum Gasteiger partial charge on any atom is -0.328 e. The van der Waals surface area contributed by atoms with Crippen LogP contribution in [0.3, 0.4) is 0 Å². The summed E-state index contributed by atoms with van der Waals surface area (Å²) in [6.45, 7) is 6.33. The van der Waals surface area contributed by atoms with E-state index in [0.717, 1.165) is 11.4 Å². The first-order chi connectivity index (χ1) is 5.59. The fraction of sp³-hybridized carbons (Fsp3) is 0.667. The lowest BCUT2D eigenvalue weighted by Gasteiger charge is -2.00. The molecule has 0 aromatic carbocycles. The van der Waals surface area contributed by atoms with Crippen LogP contribution in [0.15, 0.2) is 5.38 Å². The van der Waals surface area contributed by atoms with Crippen molar-refractivity contribution < 1.29 is 0 Å². The Bertz CT molecular complexity index is 240. The summed E-state index contributed by atoms with van der Waals surface area (Å²) in [7, 11) is 0. The summed E-state index contributed by atoms with van der Waals surface area (Å²) in [6.07, 6.45) is 0.900. The third-order valence-corrected chi connectivity index (χ3v) is 2.55. The SMILES string of the molecule is CC(N)Cc1nc(C(C)C)cs1. The van der Waals surface area contributed by atoms with Crippen molar-refractivity contribution in [3.8, 4) is 0 Å². The topological polar surface area (TPSA) is 38.9 Å². The van der Waals surface area contributed by atoms with Crippen molar-refractivity contribution in [2.75, 3.05) is 0 Å². The largest absolute Gasteiger partial charge is 0.328 e. The van der Waals surface area contributed by atoms with Crippen LogP contribution in [0.2, 0.25) is 0 Å². The van der Waals surface area contributed by atoms with Crippen LogP contribution in [0.5, 0.6) is 0 Å². The molecule has 0 aliphatic carbocycles. The third kappa shape index (κ3) is 2.57. The average Bonchev–Trinajstić information content (AvgIpc) is 2.34. The number of thiazole rings is 1. The summed E-state index contributed by atoms with van der Waals surface area (Å²) in [4.78, 5) is 4.49. The minimum atomic E-state index is 0.219. The maximum Gasteiger partial charge on any atom is 0.0943 e. The first-order valence-corrected chi connectivity index (χ1v) is 5.17. The lowest BCUT2D eigenvalue weighted by molar-refractivity contribution is 0.725. The average molecular weight is 184 g/mol. The molecule has 68 valence electrons. The van der Waals surface area contributed by atoms with Gasteiger partial charge in [0.15, 0.2) is 0 Å². The van der Waals surface area contributed by atoms with Gasteiger partial charge in [-0.2, -0.15) is 0 Å². The molecule has 1 unspecified atom stereocenters. The molecule has 0 saturated heterocycles. The standard InChI is InChI=1S/C9H16N2S/c1-6(2)8-5-12-9(11-8)4-7(3)10/h5-7H,4,10H2,1-3H3. The Kier molecular flexibility index (Phi) is 3.23. The van der Waals surface area contributed by atoms with Crippen molar-refractivity contribution in [3.63, 3.8) is 0 Å². The van der Waals surface area contributed by atoms with Gasteiger partial charge >= 0.3 is 0 Å². The number of aromatic nitrogens is 1. The number of nitrogens with two attached hydrogens (primary N) is 1. The Morgan fingerprint density at radius 1 is 1.50 bits per heavy atom. The van der Waals surface area contributed by atoms with Crippen LogP contribution in [0.4, 0.5) is 0 Å². The molecule has 0 spiro atoms.